The number of carbonyl (C=O) groups excluding carboxylic acids is 1. The Bertz CT molecular complexity index is 1250. The van der Waals surface area contributed by atoms with Crippen molar-refractivity contribution in [3.63, 3.8) is 0 Å². The summed E-state index contributed by atoms with van der Waals surface area (Å²) >= 11 is 0. The third-order valence-electron chi connectivity index (χ3n) is 4.10. The summed E-state index contributed by atoms with van der Waals surface area (Å²) in [6, 6.07) is 13.8. The first-order valence-electron chi connectivity index (χ1n) is 8.36. The maximum atomic E-state index is 13.3. The Labute approximate surface area is 164 Å². The fourth-order valence-corrected chi connectivity index (χ4v) is 3.67. The number of halogens is 2. The molecule has 0 fully saturated rings. The summed E-state index contributed by atoms with van der Waals surface area (Å²) in [5.74, 6) is -1.44. The molecular weight excluding hydrogens is 402 g/mol. The third kappa shape index (κ3) is 3.88. The van der Waals surface area contributed by atoms with Crippen molar-refractivity contribution in [1.29, 1.82) is 0 Å². The van der Waals surface area contributed by atoms with Gasteiger partial charge in [0.2, 0.25) is 5.78 Å². The van der Waals surface area contributed by atoms with Gasteiger partial charge in [0.25, 0.3) is 0 Å². The van der Waals surface area contributed by atoms with E-state index in [4.69, 9.17) is 8.92 Å². The van der Waals surface area contributed by atoms with E-state index < -0.39 is 27.5 Å². The molecule has 0 saturated carbocycles. The van der Waals surface area contributed by atoms with Gasteiger partial charge in [-0.05, 0) is 60.2 Å². The molecule has 1 heterocycles. The van der Waals surface area contributed by atoms with Crippen molar-refractivity contribution in [1.82, 2.24) is 0 Å². The van der Waals surface area contributed by atoms with E-state index in [1.807, 2.05) is 0 Å². The molecule has 0 bridgehead atoms. The molecule has 0 unspecified atom stereocenters. The van der Waals surface area contributed by atoms with Gasteiger partial charge >= 0.3 is 10.1 Å². The number of ether oxygens (including phenoxy) is 1. The fourth-order valence-electron chi connectivity index (χ4n) is 2.74. The molecule has 0 atom stereocenters. The van der Waals surface area contributed by atoms with E-state index in [1.165, 1.54) is 42.5 Å². The van der Waals surface area contributed by atoms with E-state index in [9.17, 15) is 22.0 Å². The first-order chi connectivity index (χ1) is 13.8. The number of hydrogen-bond donors (Lipinski definition) is 0. The summed E-state index contributed by atoms with van der Waals surface area (Å²) in [4.78, 5) is 12.2. The maximum Gasteiger partial charge on any atom is 0.339 e. The highest BCUT2D eigenvalue weighted by Crippen LogP contribution is 2.35. The molecule has 3 aromatic carbocycles. The Kier molecular flexibility index (Phi) is 4.63. The molecule has 0 radical (unpaired) electrons. The van der Waals surface area contributed by atoms with E-state index in [-0.39, 0.29) is 27.7 Å². The summed E-state index contributed by atoms with van der Waals surface area (Å²) in [7, 11) is -4.19. The van der Waals surface area contributed by atoms with Gasteiger partial charge < -0.3 is 8.92 Å². The largest absolute Gasteiger partial charge is 0.452 e. The summed E-state index contributed by atoms with van der Waals surface area (Å²) in [6.45, 7) is 0. The fraction of sp³-hybridized carbons (Fsp3) is 0. The van der Waals surface area contributed by atoms with Crippen molar-refractivity contribution >= 4 is 22.0 Å². The van der Waals surface area contributed by atoms with Crippen molar-refractivity contribution in [2.45, 2.75) is 4.90 Å². The Hall–Kier alpha value is -3.52. The minimum Gasteiger partial charge on any atom is -0.452 e. The van der Waals surface area contributed by atoms with Gasteiger partial charge in [-0.25, -0.2) is 8.78 Å². The summed E-state index contributed by atoms with van der Waals surface area (Å²) in [5, 5.41) is 0. The smallest absolute Gasteiger partial charge is 0.339 e. The lowest BCUT2D eigenvalue weighted by atomic mass is 10.1. The van der Waals surface area contributed by atoms with Crippen LogP contribution >= 0.6 is 0 Å². The van der Waals surface area contributed by atoms with Crippen LogP contribution in [0.2, 0.25) is 0 Å². The summed E-state index contributed by atoms with van der Waals surface area (Å²) in [5.41, 5.74) is 0.663. The topological polar surface area (TPSA) is 69.7 Å². The highest BCUT2D eigenvalue weighted by molar-refractivity contribution is 7.87. The molecule has 0 aromatic heterocycles. The molecule has 146 valence electrons. The van der Waals surface area contributed by atoms with E-state index in [0.717, 1.165) is 24.3 Å². The zero-order chi connectivity index (χ0) is 20.6. The normalized spacial score (nSPS) is 14.6. The Morgan fingerprint density at radius 1 is 0.897 bits per heavy atom. The second-order valence-electron chi connectivity index (χ2n) is 6.14. The lowest BCUT2D eigenvalue weighted by Crippen LogP contribution is -2.09. The molecule has 0 saturated heterocycles. The van der Waals surface area contributed by atoms with Crippen LogP contribution in [0, 0.1) is 11.6 Å². The number of rotatable bonds is 4. The van der Waals surface area contributed by atoms with Crippen LogP contribution in [0.15, 0.2) is 77.4 Å². The SMILES string of the molecule is O=C1/C(=C/c2cccc(F)c2)Oc2cc(OS(=O)(=O)c3ccc(F)cc3)ccc21. The lowest BCUT2D eigenvalue weighted by Gasteiger charge is -2.07. The molecule has 1 aliphatic rings. The Morgan fingerprint density at radius 2 is 1.66 bits per heavy atom. The van der Waals surface area contributed by atoms with Crippen molar-refractivity contribution in [3.05, 3.63) is 95.3 Å². The van der Waals surface area contributed by atoms with Crippen LogP contribution in [-0.4, -0.2) is 14.2 Å². The van der Waals surface area contributed by atoms with Crippen molar-refractivity contribution in [3.8, 4) is 11.5 Å². The predicted octanol–water partition coefficient (Wildman–Crippen LogP) is 4.35. The molecule has 3 aromatic rings. The van der Waals surface area contributed by atoms with Gasteiger partial charge in [-0.1, -0.05) is 12.1 Å². The number of allylic oxidation sites excluding steroid dienone is 1. The molecule has 5 nitrogen and oxygen atoms in total. The first kappa shape index (κ1) is 18.8. The van der Waals surface area contributed by atoms with Crippen molar-refractivity contribution in [2.24, 2.45) is 0 Å². The van der Waals surface area contributed by atoms with Gasteiger partial charge in [-0.3, -0.25) is 4.79 Å². The van der Waals surface area contributed by atoms with Crippen LogP contribution in [0.5, 0.6) is 11.5 Å². The molecule has 29 heavy (non-hydrogen) atoms. The van der Waals surface area contributed by atoms with Crippen LogP contribution in [0.4, 0.5) is 8.78 Å². The highest BCUT2D eigenvalue weighted by atomic mass is 32.2. The number of hydrogen-bond acceptors (Lipinski definition) is 5. The van der Waals surface area contributed by atoms with E-state index in [1.54, 1.807) is 6.07 Å². The van der Waals surface area contributed by atoms with Crippen molar-refractivity contribution < 1.29 is 30.9 Å². The van der Waals surface area contributed by atoms with Gasteiger partial charge in [-0.2, -0.15) is 8.42 Å². The molecule has 8 heteroatoms. The monoisotopic (exact) mass is 414 g/mol. The van der Waals surface area contributed by atoms with Gasteiger partial charge in [-0.15, -0.1) is 0 Å². The Balaban J connectivity index is 1.60. The van der Waals surface area contributed by atoms with Crippen LogP contribution in [0.1, 0.15) is 15.9 Å². The van der Waals surface area contributed by atoms with Gasteiger partial charge in [0.1, 0.15) is 28.0 Å². The lowest BCUT2D eigenvalue weighted by molar-refractivity contribution is 0.101. The molecule has 1 aliphatic heterocycles. The molecule has 4 rings (SSSR count). The first-order valence-corrected chi connectivity index (χ1v) is 9.76. The minimum absolute atomic E-state index is 0.0239. The van der Waals surface area contributed by atoms with Gasteiger partial charge in [0.05, 0.1) is 5.56 Å². The standard InChI is InChI=1S/C21H12F2O5S/c22-14-4-7-17(8-5-14)29(25,26)28-16-6-9-18-19(12-16)27-20(21(18)24)11-13-2-1-3-15(23)10-13/h1-12H/b20-11-. The average molecular weight is 414 g/mol. The second-order valence-corrected chi connectivity index (χ2v) is 7.69. The summed E-state index contributed by atoms with van der Waals surface area (Å²) < 4.78 is 61.5. The van der Waals surface area contributed by atoms with E-state index in [2.05, 4.69) is 0 Å². The molecular formula is C21H12F2O5S. The molecule has 0 N–H and O–H groups in total. The molecule has 0 spiro atoms. The van der Waals surface area contributed by atoms with E-state index in [0.29, 0.717) is 5.56 Å². The second kappa shape index (κ2) is 7.14. The number of ketones is 1. The number of carbonyl (C=O) groups is 1. The van der Waals surface area contributed by atoms with Crippen LogP contribution in [-0.2, 0) is 10.1 Å². The molecule has 0 aliphatic carbocycles. The van der Waals surface area contributed by atoms with Crippen LogP contribution in [0.3, 0.4) is 0 Å². The quantitative estimate of drug-likeness (QED) is 0.469. The maximum absolute atomic E-state index is 13.3. The van der Waals surface area contributed by atoms with E-state index >= 15 is 0 Å². The van der Waals surface area contributed by atoms with Crippen LogP contribution < -0.4 is 8.92 Å². The van der Waals surface area contributed by atoms with Crippen molar-refractivity contribution in [2.75, 3.05) is 0 Å². The predicted molar refractivity (Wildman–Crippen MR) is 100.0 cm³/mol. The Morgan fingerprint density at radius 3 is 2.38 bits per heavy atom. The number of benzene rings is 3. The zero-order valence-electron chi connectivity index (χ0n) is 14.6. The minimum atomic E-state index is -4.19. The average Bonchev–Trinajstić information content (AvgIpc) is 2.97. The zero-order valence-corrected chi connectivity index (χ0v) is 15.5. The number of fused-ring (bicyclic) bond motifs is 1. The molecule has 0 amide bonds. The van der Waals surface area contributed by atoms with Gasteiger partial charge in [0, 0.05) is 6.07 Å². The van der Waals surface area contributed by atoms with Gasteiger partial charge in [0.15, 0.2) is 5.76 Å². The number of Topliss-reactive ketones (excluding diaryl/α,β-unsaturated/α-hetero) is 1. The third-order valence-corrected chi connectivity index (χ3v) is 5.36. The van der Waals surface area contributed by atoms with Crippen LogP contribution in [0.25, 0.3) is 6.08 Å². The summed E-state index contributed by atoms with van der Waals surface area (Å²) in [6.07, 6.45) is 1.39. The highest BCUT2D eigenvalue weighted by Gasteiger charge is 2.28.